The first-order valence-corrected chi connectivity index (χ1v) is 6.73. The largest absolute Gasteiger partial charge is 0.346 e. The van der Waals surface area contributed by atoms with Gasteiger partial charge in [0.25, 0.3) is 0 Å². The van der Waals surface area contributed by atoms with Crippen LogP contribution in [0.5, 0.6) is 0 Å². The van der Waals surface area contributed by atoms with Gasteiger partial charge in [-0.25, -0.2) is 0 Å². The molecule has 1 aromatic heterocycles. The lowest BCUT2D eigenvalue weighted by Gasteiger charge is -2.15. The molecule has 0 spiro atoms. The Morgan fingerprint density at radius 2 is 2.09 bits per heavy atom. The number of hydrogen-bond acceptors (Lipinski definition) is 4. The third kappa shape index (κ3) is 4.44. The van der Waals surface area contributed by atoms with Crippen LogP contribution in [0.4, 0.5) is 5.69 Å². The van der Waals surface area contributed by atoms with E-state index in [9.17, 15) is 9.59 Å². The van der Waals surface area contributed by atoms with Crippen LogP contribution >= 0.6 is 12.4 Å². The van der Waals surface area contributed by atoms with Crippen LogP contribution in [0, 0.1) is 5.92 Å². The standard InChI is InChI=1S/C14H19N5O2.ClH/c1-8(2)13(15)14(21)16-7-12(20)18-10-4-3-9-6-17-19-11(9)5-10;/h3-6,8,13H,7,15H2,1-2H3,(H,16,21)(H,17,19)(H,18,20);1H/t13-;/m0./s1. The third-order valence-corrected chi connectivity index (χ3v) is 3.17. The number of aromatic amines is 1. The van der Waals surface area contributed by atoms with E-state index in [1.54, 1.807) is 18.3 Å². The number of H-pyrrole nitrogens is 1. The minimum absolute atomic E-state index is 0. The molecule has 1 aromatic carbocycles. The molecule has 0 radical (unpaired) electrons. The van der Waals surface area contributed by atoms with Crippen molar-refractivity contribution in [3.8, 4) is 0 Å². The van der Waals surface area contributed by atoms with Gasteiger partial charge in [-0.3, -0.25) is 14.7 Å². The number of anilines is 1. The SMILES string of the molecule is CC(C)[C@H](N)C(=O)NCC(=O)Nc1ccc2cn[nH]c2c1.Cl. The van der Waals surface area contributed by atoms with Gasteiger partial charge in [-0.2, -0.15) is 5.10 Å². The number of nitrogens with two attached hydrogens (primary N) is 1. The molecule has 0 bridgehead atoms. The summed E-state index contributed by atoms with van der Waals surface area (Å²) in [4.78, 5) is 23.4. The maximum atomic E-state index is 11.8. The van der Waals surface area contributed by atoms with E-state index in [-0.39, 0.29) is 36.7 Å². The topological polar surface area (TPSA) is 113 Å². The Balaban J connectivity index is 0.00000242. The predicted molar refractivity (Wildman–Crippen MR) is 87.8 cm³/mol. The van der Waals surface area contributed by atoms with Gasteiger partial charge in [-0.15, -0.1) is 12.4 Å². The number of hydrogen-bond donors (Lipinski definition) is 4. The average molecular weight is 326 g/mol. The number of halogens is 1. The fraction of sp³-hybridized carbons (Fsp3) is 0.357. The number of rotatable bonds is 5. The van der Waals surface area contributed by atoms with Gasteiger partial charge in [0, 0.05) is 11.1 Å². The number of amides is 2. The number of benzene rings is 1. The van der Waals surface area contributed by atoms with Gasteiger partial charge in [-0.1, -0.05) is 13.8 Å². The lowest BCUT2D eigenvalue weighted by molar-refractivity contribution is -0.125. The van der Waals surface area contributed by atoms with E-state index in [0.29, 0.717) is 5.69 Å². The summed E-state index contributed by atoms with van der Waals surface area (Å²) >= 11 is 0. The zero-order valence-corrected chi connectivity index (χ0v) is 13.2. The highest BCUT2D eigenvalue weighted by molar-refractivity contribution is 5.96. The molecule has 1 heterocycles. The minimum atomic E-state index is -0.612. The lowest BCUT2D eigenvalue weighted by atomic mass is 10.1. The summed E-state index contributed by atoms with van der Waals surface area (Å²) in [6, 6.07) is 4.79. The molecule has 22 heavy (non-hydrogen) atoms. The first-order valence-electron chi connectivity index (χ1n) is 6.73. The second-order valence-corrected chi connectivity index (χ2v) is 5.21. The fourth-order valence-electron chi connectivity index (χ4n) is 1.81. The fourth-order valence-corrected chi connectivity index (χ4v) is 1.81. The van der Waals surface area contributed by atoms with Gasteiger partial charge in [0.15, 0.2) is 0 Å². The minimum Gasteiger partial charge on any atom is -0.346 e. The van der Waals surface area contributed by atoms with Gasteiger partial charge >= 0.3 is 0 Å². The average Bonchev–Trinajstić information content (AvgIpc) is 2.91. The van der Waals surface area contributed by atoms with Crippen molar-refractivity contribution < 1.29 is 9.59 Å². The van der Waals surface area contributed by atoms with E-state index in [2.05, 4.69) is 20.8 Å². The van der Waals surface area contributed by atoms with Crippen LogP contribution in [0.15, 0.2) is 24.4 Å². The Labute approximate surface area is 134 Å². The molecule has 1 atom stereocenters. The third-order valence-electron chi connectivity index (χ3n) is 3.17. The molecule has 0 aliphatic rings. The Hall–Kier alpha value is -2.12. The van der Waals surface area contributed by atoms with Crippen molar-refractivity contribution in [2.75, 3.05) is 11.9 Å². The van der Waals surface area contributed by atoms with Gasteiger partial charge < -0.3 is 16.4 Å². The summed E-state index contributed by atoms with van der Waals surface area (Å²) in [5.74, 6) is -0.613. The molecule has 0 saturated heterocycles. The summed E-state index contributed by atoms with van der Waals surface area (Å²) in [7, 11) is 0. The van der Waals surface area contributed by atoms with E-state index < -0.39 is 6.04 Å². The number of nitrogens with one attached hydrogen (secondary N) is 3. The molecular weight excluding hydrogens is 306 g/mol. The maximum Gasteiger partial charge on any atom is 0.243 e. The summed E-state index contributed by atoms with van der Waals surface area (Å²) in [6.07, 6.45) is 1.70. The summed E-state index contributed by atoms with van der Waals surface area (Å²) in [6.45, 7) is 3.59. The van der Waals surface area contributed by atoms with Gasteiger partial charge in [-0.05, 0) is 24.1 Å². The van der Waals surface area contributed by atoms with Crippen LogP contribution in [0.2, 0.25) is 0 Å². The van der Waals surface area contributed by atoms with Crippen molar-refractivity contribution >= 4 is 40.8 Å². The number of nitrogens with zero attached hydrogens (tertiary/aromatic N) is 1. The normalized spacial score (nSPS) is 11.8. The van der Waals surface area contributed by atoms with E-state index in [0.717, 1.165) is 10.9 Å². The Morgan fingerprint density at radius 1 is 1.36 bits per heavy atom. The van der Waals surface area contributed by atoms with Crippen molar-refractivity contribution in [1.82, 2.24) is 15.5 Å². The summed E-state index contributed by atoms with van der Waals surface area (Å²) in [5.41, 5.74) is 7.16. The monoisotopic (exact) mass is 325 g/mol. The van der Waals surface area contributed by atoms with Crippen LogP contribution in [-0.2, 0) is 9.59 Å². The molecule has 0 unspecified atom stereocenters. The highest BCUT2D eigenvalue weighted by Crippen LogP contribution is 2.16. The number of aromatic nitrogens is 2. The molecule has 2 amide bonds. The van der Waals surface area contributed by atoms with Crippen molar-refractivity contribution in [2.24, 2.45) is 11.7 Å². The quantitative estimate of drug-likeness (QED) is 0.657. The van der Waals surface area contributed by atoms with E-state index >= 15 is 0 Å². The molecule has 120 valence electrons. The Bertz CT molecular complexity index is 655. The zero-order valence-electron chi connectivity index (χ0n) is 12.4. The van der Waals surface area contributed by atoms with Crippen molar-refractivity contribution in [1.29, 1.82) is 0 Å². The summed E-state index contributed by atoms with van der Waals surface area (Å²) < 4.78 is 0. The van der Waals surface area contributed by atoms with Gasteiger partial charge in [0.1, 0.15) is 0 Å². The molecular formula is C14H20ClN5O2. The maximum absolute atomic E-state index is 11.8. The molecule has 0 aliphatic heterocycles. The Morgan fingerprint density at radius 3 is 2.77 bits per heavy atom. The zero-order chi connectivity index (χ0) is 15.4. The van der Waals surface area contributed by atoms with Crippen LogP contribution in [0.25, 0.3) is 10.9 Å². The highest BCUT2D eigenvalue weighted by Gasteiger charge is 2.17. The predicted octanol–water partition coefficient (Wildman–Crippen LogP) is 1.02. The number of fused-ring (bicyclic) bond motifs is 1. The second-order valence-electron chi connectivity index (χ2n) is 5.21. The summed E-state index contributed by atoms with van der Waals surface area (Å²) in [5, 5.41) is 12.9. The Kier molecular flexibility index (Phi) is 6.33. The van der Waals surface area contributed by atoms with Crippen LogP contribution in [-0.4, -0.2) is 34.6 Å². The second kappa shape index (κ2) is 7.77. The van der Waals surface area contributed by atoms with Crippen molar-refractivity contribution in [3.63, 3.8) is 0 Å². The molecule has 2 aromatic rings. The van der Waals surface area contributed by atoms with Gasteiger partial charge in [0.2, 0.25) is 11.8 Å². The first kappa shape index (κ1) is 17.9. The van der Waals surface area contributed by atoms with Crippen LogP contribution in [0.1, 0.15) is 13.8 Å². The lowest BCUT2D eigenvalue weighted by Crippen LogP contribution is -2.46. The molecule has 5 N–H and O–H groups in total. The first-order chi connectivity index (χ1) is 9.97. The molecule has 8 heteroatoms. The molecule has 0 fully saturated rings. The van der Waals surface area contributed by atoms with E-state index in [1.165, 1.54) is 0 Å². The van der Waals surface area contributed by atoms with E-state index in [1.807, 2.05) is 19.9 Å². The number of carbonyl (C=O) groups is 2. The molecule has 0 aliphatic carbocycles. The molecule has 2 rings (SSSR count). The highest BCUT2D eigenvalue weighted by atomic mass is 35.5. The van der Waals surface area contributed by atoms with E-state index in [4.69, 9.17) is 5.73 Å². The van der Waals surface area contributed by atoms with Gasteiger partial charge in [0.05, 0.1) is 24.3 Å². The van der Waals surface area contributed by atoms with Crippen molar-refractivity contribution in [3.05, 3.63) is 24.4 Å². The molecule has 0 saturated carbocycles. The molecule has 7 nitrogen and oxygen atoms in total. The smallest absolute Gasteiger partial charge is 0.243 e. The van der Waals surface area contributed by atoms with Crippen LogP contribution in [0.3, 0.4) is 0 Å². The van der Waals surface area contributed by atoms with Crippen LogP contribution < -0.4 is 16.4 Å². The number of carbonyl (C=O) groups excluding carboxylic acids is 2. The van der Waals surface area contributed by atoms with Crippen molar-refractivity contribution in [2.45, 2.75) is 19.9 Å².